The lowest BCUT2D eigenvalue weighted by Crippen LogP contribution is -2.32. The maximum absolute atomic E-state index is 9.16. The van der Waals surface area contributed by atoms with Gasteiger partial charge >= 0.3 is 0 Å². The van der Waals surface area contributed by atoms with Crippen molar-refractivity contribution in [1.29, 1.82) is 0 Å². The summed E-state index contributed by atoms with van der Waals surface area (Å²) in [4.78, 5) is 11.3. The van der Waals surface area contributed by atoms with Crippen LogP contribution in [-0.2, 0) is 6.54 Å². The van der Waals surface area contributed by atoms with E-state index < -0.39 is 0 Å². The molecule has 0 saturated carbocycles. The van der Waals surface area contributed by atoms with E-state index in [4.69, 9.17) is 10.8 Å². The van der Waals surface area contributed by atoms with Gasteiger partial charge in [-0.1, -0.05) is 24.8 Å². The van der Waals surface area contributed by atoms with E-state index in [2.05, 4.69) is 27.4 Å². The summed E-state index contributed by atoms with van der Waals surface area (Å²) in [6, 6.07) is 5.88. The summed E-state index contributed by atoms with van der Waals surface area (Å²) in [5.41, 5.74) is 13.4. The highest BCUT2D eigenvalue weighted by molar-refractivity contribution is 5.96. The number of nitrogens with two attached hydrogens (primary N) is 1. The van der Waals surface area contributed by atoms with E-state index in [1.165, 1.54) is 0 Å². The second-order valence-electron chi connectivity index (χ2n) is 5.10. The van der Waals surface area contributed by atoms with Gasteiger partial charge in [0.15, 0.2) is 5.82 Å². The quantitative estimate of drug-likeness (QED) is 0.502. The van der Waals surface area contributed by atoms with Crippen LogP contribution in [0.25, 0.3) is 17.0 Å². The molecule has 0 radical (unpaired) electrons. The van der Waals surface area contributed by atoms with Crippen molar-refractivity contribution in [2.75, 3.05) is 38.7 Å². The van der Waals surface area contributed by atoms with Crippen molar-refractivity contribution in [1.82, 2.24) is 20.3 Å². The van der Waals surface area contributed by atoms with Crippen molar-refractivity contribution in [3.05, 3.63) is 36.2 Å². The number of fused-ring (bicyclic) bond motifs is 1. The number of nitrogens with one attached hydrogen (secondary N) is 2. The van der Waals surface area contributed by atoms with Gasteiger partial charge in [0.25, 0.3) is 0 Å². The highest BCUT2D eigenvalue weighted by Gasteiger charge is 2.12. The molecular formula is C16H24N6O. The first kappa shape index (κ1) is 17.3. The van der Waals surface area contributed by atoms with Crippen molar-refractivity contribution in [2.24, 2.45) is 5.73 Å². The maximum atomic E-state index is 9.16. The molecule has 5 N–H and O–H groups in total. The molecule has 0 amide bonds. The normalized spacial score (nSPS) is 11.1. The number of hydrazine groups is 1. The Balaban J connectivity index is 2.43. The summed E-state index contributed by atoms with van der Waals surface area (Å²) >= 11 is 0. The van der Waals surface area contributed by atoms with Gasteiger partial charge in [0.1, 0.15) is 5.82 Å². The molecule has 0 saturated heterocycles. The molecule has 1 aromatic heterocycles. The fourth-order valence-electron chi connectivity index (χ4n) is 2.50. The van der Waals surface area contributed by atoms with Crippen LogP contribution >= 0.6 is 0 Å². The average molecular weight is 316 g/mol. The molecule has 2 rings (SSSR count). The van der Waals surface area contributed by atoms with Crippen molar-refractivity contribution in [3.63, 3.8) is 0 Å². The molecule has 0 atom stereocenters. The number of hydrogen-bond donors (Lipinski definition) is 4. The molecule has 2 aromatic rings. The molecule has 0 fully saturated rings. The Bertz CT molecular complexity index is 654. The summed E-state index contributed by atoms with van der Waals surface area (Å²) < 4.78 is 0. The Kier molecular flexibility index (Phi) is 6.42. The molecule has 0 unspecified atom stereocenters. The van der Waals surface area contributed by atoms with Crippen LogP contribution in [0.3, 0.4) is 0 Å². The van der Waals surface area contributed by atoms with Gasteiger partial charge in [0.2, 0.25) is 0 Å². The molecule has 1 heterocycles. The molecule has 0 aliphatic rings. The minimum Gasteiger partial charge on any atom is -0.395 e. The second-order valence-corrected chi connectivity index (χ2v) is 5.10. The van der Waals surface area contributed by atoms with Crippen LogP contribution < -0.4 is 16.6 Å². The number of aliphatic hydroxyl groups excluding tert-OH is 1. The third kappa shape index (κ3) is 4.23. The van der Waals surface area contributed by atoms with E-state index in [0.717, 1.165) is 16.5 Å². The number of aliphatic hydroxyl groups is 1. The van der Waals surface area contributed by atoms with Crippen LogP contribution in [0.15, 0.2) is 24.8 Å². The third-order valence-corrected chi connectivity index (χ3v) is 3.49. The Labute approximate surface area is 136 Å². The van der Waals surface area contributed by atoms with E-state index in [0.29, 0.717) is 37.8 Å². The monoisotopic (exact) mass is 316 g/mol. The van der Waals surface area contributed by atoms with Gasteiger partial charge < -0.3 is 16.3 Å². The summed E-state index contributed by atoms with van der Waals surface area (Å²) in [5.74, 6) is 1.39. The van der Waals surface area contributed by atoms with E-state index in [-0.39, 0.29) is 6.61 Å². The van der Waals surface area contributed by atoms with E-state index in [1.807, 2.05) is 23.1 Å². The van der Waals surface area contributed by atoms with E-state index >= 15 is 0 Å². The lowest BCUT2D eigenvalue weighted by atomic mass is 10.1. The second kappa shape index (κ2) is 8.54. The van der Waals surface area contributed by atoms with Crippen molar-refractivity contribution < 1.29 is 5.11 Å². The highest BCUT2D eigenvalue weighted by atomic mass is 16.3. The summed E-state index contributed by atoms with van der Waals surface area (Å²) in [5, 5.41) is 10.1. The Morgan fingerprint density at radius 1 is 1.35 bits per heavy atom. The largest absolute Gasteiger partial charge is 0.395 e. The van der Waals surface area contributed by atoms with Gasteiger partial charge in [-0.25, -0.2) is 15.4 Å². The van der Waals surface area contributed by atoms with Gasteiger partial charge in [0, 0.05) is 26.7 Å². The zero-order valence-corrected chi connectivity index (χ0v) is 13.4. The first-order valence-electron chi connectivity index (χ1n) is 7.61. The number of nitrogens with zero attached hydrogens (tertiary/aromatic N) is 3. The van der Waals surface area contributed by atoms with Crippen LogP contribution in [0, 0.1) is 0 Å². The molecule has 0 bridgehead atoms. The number of anilines is 1. The molecule has 0 aliphatic carbocycles. The van der Waals surface area contributed by atoms with E-state index in [1.54, 1.807) is 13.1 Å². The van der Waals surface area contributed by atoms with Crippen LogP contribution in [0.4, 0.5) is 5.82 Å². The minimum absolute atomic E-state index is 0.0792. The maximum Gasteiger partial charge on any atom is 0.152 e. The molecule has 124 valence electrons. The number of benzene rings is 1. The van der Waals surface area contributed by atoms with Crippen LogP contribution in [-0.4, -0.2) is 53.3 Å². The lowest BCUT2D eigenvalue weighted by molar-refractivity contribution is 0.191. The first-order valence-corrected chi connectivity index (χ1v) is 7.61. The lowest BCUT2D eigenvalue weighted by Gasteiger charge is -2.20. The molecule has 0 aliphatic heterocycles. The van der Waals surface area contributed by atoms with Crippen LogP contribution in [0.1, 0.15) is 11.4 Å². The van der Waals surface area contributed by atoms with Crippen LogP contribution in [0.5, 0.6) is 0 Å². The molecule has 0 spiro atoms. The van der Waals surface area contributed by atoms with Gasteiger partial charge in [-0.2, -0.15) is 0 Å². The fraction of sp³-hybridized carbons (Fsp3) is 0.375. The van der Waals surface area contributed by atoms with E-state index in [9.17, 15) is 0 Å². The highest BCUT2D eigenvalue weighted by Crippen LogP contribution is 2.25. The molecule has 1 aromatic carbocycles. The third-order valence-electron chi connectivity index (χ3n) is 3.49. The molecular weight excluding hydrogens is 292 g/mol. The smallest absolute Gasteiger partial charge is 0.152 e. The number of aromatic nitrogens is 2. The fourth-order valence-corrected chi connectivity index (χ4v) is 2.50. The zero-order chi connectivity index (χ0) is 16.7. The average Bonchev–Trinajstić information content (AvgIpc) is 2.55. The predicted octanol–water partition coefficient (Wildman–Crippen LogP) is 0.572. The van der Waals surface area contributed by atoms with Crippen molar-refractivity contribution in [2.45, 2.75) is 6.54 Å². The Morgan fingerprint density at radius 3 is 2.83 bits per heavy atom. The first-order chi connectivity index (χ1) is 11.2. The van der Waals surface area contributed by atoms with Gasteiger partial charge in [-0.15, -0.1) is 0 Å². The number of hydrogen-bond acceptors (Lipinski definition) is 7. The summed E-state index contributed by atoms with van der Waals surface area (Å²) in [7, 11) is 1.79. The zero-order valence-electron chi connectivity index (χ0n) is 13.4. The van der Waals surface area contributed by atoms with Gasteiger partial charge in [0.05, 0.1) is 24.1 Å². The Hall–Kier alpha value is -2.06. The molecule has 23 heavy (non-hydrogen) atoms. The number of rotatable bonds is 9. The summed E-state index contributed by atoms with van der Waals surface area (Å²) in [6.45, 7) is 6.21. The topological polar surface area (TPSA) is 99.3 Å². The van der Waals surface area contributed by atoms with Gasteiger partial charge in [-0.3, -0.25) is 4.90 Å². The SMILES string of the molecule is C=Cc1cccc2nc(CN(CCN)CCO)nc(NNC)c12. The van der Waals surface area contributed by atoms with Crippen LogP contribution in [0.2, 0.25) is 0 Å². The molecule has 7 nitrogen and oxygen atoms in total. The van der Waals surface area contributed by atoms with Crippen molar-refractivity contribution in [3.8, 4) is 0 Å². The van der Waals surface area contributed by atoms with Crippen molar-refractivity contribution >= 4 is 22.8 Å². The molecule has 7 heteroatoms. The Morgan fingerprint density at radius 2 is 2.17 bits per heavy atom. The standard InChI is InChI=1S/C16H24N6O/c1-3-12-5-4-6-13-15(12)16(21-18-2)20-14(19-13)11-22(8-7-17)9-10-23/h3-6,18,23H,1,7-11,17H2,2H3,(H,19,20,21). The van der Waals surface area contributed by atoms with Gasteiger partial charge in [-0.05, 0) is 11.6 Å². The minimum atomic E-state index is 0.0792. The predicted molar refractivity (Wildman–Crippen MR) is 93.7 cm³/mol. The summed E-state index contributed by atoms with van der Waals surface area (Å²) in [6.07, 6.45) is 1.79.